The first-order chi connectivity index (χ1) is 11.6. The van der Waals surface area contributed by atoms with Crippen molar-refractivity contribution >= 4 is 5.91 Å². The highest BCUT2D eigenvalue weighted by Crippen LogP contribution is 2.32. The lowest BCUT2D eigenvalue weighted by Crippen LogP contribution is -2.52. The van der Waals surface area contributed by atoms with E-state index in [1.807, 2.05) is 25.2 Å². The lowest BCUT2D eigenvalue weighted by Gasteiger charge is -2.39. The Morgan fingerprint density at radius 3 is 2.46 bits per heavy atom. The summed E-state index contributed by atoms with van der Waals surface area (Å²) in [6.45, 7) is 4.16. The Kier molecular flexibility index (Phi) is 6.81. The quantitative estimate of drug-likeness (QED) is 0.769. The zero-order chi connectivity index (χ0) is 17.4. The molecule has 1 aromatic rings. The fraction of sp³-hybridized carbons (Fsp3) is 0.600. The van der Waals surface area contributed by atoms with E-state index in [2.05, 4.69) is 30.0 Å². The minimum absolute atomic E-state index is 0.0582. The van der Waals surface area contributed by atoms with Gasteiger partial charge >= 0.3 is 0 Å². The second-order valence-electron chi connectivity index (χ2n) is 6.85. The van der Waals surface area contributed by atoms with Gasteiger partial charge in [0.05, 0.1) is 12.6 Å². The van der Waals surface area contributed by atoms with Gasteiger partial charge in [0, 0.05) is 13.6 Å². The van der Waals surface area contributed by atoms with E-state index in [1.54, 1.807) is 4.90 Å². The fourth-order valence-electron chi connectivity index (χ4n) is 3.57. The van der Waals surface area contributed by atoms with Crippen LogP contribution >= 0.6 is 0 Å². The second-order valence-corrected chi connectivity index (χ2v) is 6.85. The lowest BCUT2D eigenvalue weighted by atomic mass is 9.81. The predicted octanol–water partition coefficient (Wildman–Crippen LogP) is 3.58. The number of nitrogens with zero attached hydrogens (tertiary/aromatic N) is 3. The summed E-state index contributed by atoms with van der Waals surface area (Å²) in [5.41, 5.74) is 0.619. The van der Waals surface area contributed by atoms with Crippen molar-refractivity contribution in [2.24, 2.45) is 0 Å². The van der Waals surface area contributed by atoms with E-state index in [0.717, 1.165) is 45.2 Å². The van der Waals surface area contributed by atoms with Gasteiger partial charge in [0.1, 0.15) is 5.54 Å². The molecular formula is C20H29N3O. The van der Waals surface area contributed by atoms with Gasteiger partial charge in [-0.2, -0.15) is 5.26 Å². The topological polar surface area (TPSA) is 47.3 Å². The maximum atomic E-state index is 12.8. The molecule has 24 heavy (non-hydrogen) atoms. The Bertz CT molecular complexity index is 558. The van der Waals surface area contributed by atoms with Crippen LogP contribution in [0.3, 0.4) is 0 Å². The van der Waals surface area contributed by atoms with Crippen LogP contribution in [0.1, 0.15) is 51.0 Å². The minimum Gasteiger partial charge on any atom is -0.326 e. The smallest absolute Gasteiger partial charge is 0.237 e. The molecule has 0 saturated heterocycles. The standard InChI is InChI=1S/C20H29N3O/c1-3-14-23(15-18-10-6-4-7-11-18)16-19(24)22(2)20(17-21)12-8-5-9-13-20/h4,6-7,10-11H,3,5,8-9,12-16H2,1-2H3. The SMILES string of the molecule is CCCN(CC(=O)N(C)C1(C#N)CCCCC1)Cc1ccccc1. The summed E-state index contributed by atoms with van der Waals surface area (Å²) in [5, 5.41) is 9.68. The zero-order valence-electron chi connectivity index (χ0n) is 15.0. The minimum atomic E-state index is -0.597. The molecule has 2 rings (SSSR count). The van der Waals surface area contributed by atoms with E-state index in [1.165, 1.54) is 12.0 Å². The maximum Gasteiger partial charge on any atom is 0.237 e. The van der Waals surface area contributed by atoms with Crippen LogP contribution in [-0.4, -0.2) is 41.4 Å². The normalized spacial score (nSPS) is 16.6. The lowest BCUT2D eigenvalue weighted by molar-refractivity contribution is -0.136. The first-order valence-corrected chi connectivity index (χ1v) is 9.05. The van der Waals surface area contributed by atoms with E-state index in [0.29, 0.717) is 6.54 Å². The van der Waals surface area contributed by atoms with Crippen LogP contribution < -0.4 is 0 Å². The Balaban J connectivity index is 2.02. The number of amides is 1. The third-order valence-electron chi connectivity index (χ3n) is 5.05. The van der Waals surface area contributed by atoms with Crippen molar-refractivity contribution in [1.82, 2.24) is 9.80 Å². The molecule has 0 unspecified atom stereocenters. The van der Waals surface area contributed by atoms with Gasteiger partial charge in [0.15, 0.2) is 0 Å². The van der Waals surface area contributed by atoms with Crippen molar-refractivity contribution in [2.75, 3.05) is 20.1 Å². The number of hydrogen-bond acceptors (Lipinski definition) is 3. The van der Waals surface area contributed by atoms with Crippen LogP contribution in [0.2, 0.25) is 0 Å². The molecule has 4 heteroatoms. The third-order valence-corrected chi connectivity index (χ3v) is 5.05. The van der Waals surface area contributed by atoms with E-state index in [4.69, 9.17) is 0 Å². The number of carbonyl (C=O) groups excluding carboxylic acids is 1. The Labute approximate surface area is 146 Å². The van der Waals surface area contributed by atoms with Gasteiger partial charge in [-0.1, -0.05) is 56.5 Å². The van der Waals surface area contributed by atoms with E-state index < -0.39 is 5.54 Å². The monoisotopic (exact) mass is 327 g/mol. The summed E-state index contributed by atoms with van der Waals surface area (Å²) in [6, 6.07) is 12.7. The summed E-state index contributed by atoms with van der Waals surface area (Å²) >= 11 is 0. The Hall–Kier alpha value is -1.86. The Morgan fingerprint density at radius 2 is 1.88 bits per heavy atom. The molecule has 0 atom stereocenters. The number of rotatable bonds is 7. The van der Waals surface area contributed by atoms with Crippen LogP contribution in [0.25, 0.3) is 0 Å². The third kappa shape index (κ3) is 4.58. The summed E-state index contributed by atoms with van der Waals surface area (Å²) < 4.78 is 0. The van der Waals surface area contributed by atoms with Gasteiger partial charge in [-0.3, -0.25) is 9.69 Å². The van der Waals surface area contributed by atoms with Crippen molar-refractivity contribution in [3.05, 3.63) is 35.9 Å². The van der Waals surface area contributed by atoms with Crippen LogP contribution in [0, 0.1) is 11.3 Å². The molecule has 0 aromatic heterocycles. The van der Waals surface area contributed by atoms with E-state index in [-0.39, 0.29) is 5.91 Å². The summed E-state index contributed by atoms with van der Waals surface area (Å²) in [6.07, 6.45) is 5.85. The molecule has 4 nitrogen and oxygen atoms in total. The number of likely N-dealkylation sites (N-methyl/N-ethyl adjacent to an activating group) is 1. The van der Waals surface area contributed by atoms with Gasteiger partial charge in [0.2, 0.25) is 5.91 Å². The molecule has 0 radical (unpaired) electrons. The molecule has 130 valence electrons. The van der Waals surface area contributed by atoms with Crippen molar-refractivity contribution in [1.29, 1.82) is 5.26 Å². The van der Waals surface area contributed by atoms with Crippen LogP contribution in [-0.2, 0) is 11.3 Å². The van der Waals surface area contributed by atoms with Crippen LogP contribution in [0.15, 0.2) is 30.3 Å². The largest absolute Gasteiger partial charge is 0.326 e. The molecule has 0 heterocycles. The van der Waals surface area contributed by atoms with Crippen LogP contribution in [0.4, 0.5) is 0 Å². The highest BCUT2D eigenvalue weighted by Gasteiger charge is 2.38. The van der Waals surface area contributed by atoms with Gasteiger partial charge < -0.3 is 4.90 Å². The maximum absolute atomic E-state index is 12.8. The van der Waals surface area contributed by atoms with Crippen molar-refractivity contribution in [3.8, 4) is 6.07 Å². The molecule has 0 bridgehead atoms. The molecule has 0 spiro atoms. The van der Waals surface area contributed by atoms with Gasteiger partial charge in [-0.15, -0.1) is 0 Å². The molecule has 1 aliphatic carbocycles. The molecule has 1 amide bonds. The van der Waals surface area contributed by atoms with Crippen LogP contribution in [0.5, 0.6) is 0 Å². The summed E-state index contributed by atoms with van der Waals surface area (Å²) in [7, 11) is 1.81. The van der Waals surface area contributed by atoms with E-state index >= 15 is 0 Å². The average Bonchev–Trinajstić information content (AvgIpc) is 2.62. The number of nitriles is 1. The first kappa shape index (κ1) is 18.5. The average molecular weight is 327 g/mol. The molecule has 1 fully saturated rings. The molecule has 1 aromatic carbocycles. The second kappa shape index (κ2) is 8.84. The first-order valence-electron chi connectivity index (χ1n) is 9.05. The van der Waals surface area contributed by atoms with Crippen molar-refractivity contribution in [2.45, 2.75) is 57.5 Å². The van der Waals surface area contributed by atoms with E-state index in [9.17, 15) is 10.1 Å². The zero-order valence-corrected chi connectivity index (χ0v) is 15.0. The van der Waals surface area contributed by atoms with Gasteiger partial charge in [-0.25, -0.2) is 0 Å². The van der Waals surface area contributed by atoms with Gasteiger partial charge in [-0.05, 0) is 31.4 Å². The molecule has 1 saturated carbocycles. The molecule has 1 aliphatic rings. The number of carbonyl (C=O) groups is 1. The highest BCUT2D eigenvalue weighted by atomic mass is 16.2. The summed E-state index contributed by atoms with van der Waals surface area (Å²) in [5.74, 6) is 0.0582. The molecule has 0 aliphatic heterocycles. The Morgan fingerprint density at radius 1 is 1.21 bits per heavy atom. The van der Waals surface area contributed by atoms with Crippen molar-refractivity contribution < 1.29 is 4.79 Å². The summed E-state index contributed by atoms with van der Waals surface area (Å²) in [4.78, 5) is 16.7. The van der Waals surface area contributed by atoms with Gasteiger partial charge in [0.25, 0.3) is 0 Å². The molecular weight excluding hydrogens is 298 g/mol. The van der Waals surface area contributed by atoms with Crippen molar-refractivity contribution in [3.63, 3.8) is 0 Å². The highest BCUT2D eigenvalue weighted by molar-refractivity contribution is 5.79. The number of benzene rings is 1. The number of hydrogen-bond donors (Lipinski definition) is 0. The predicted molar refractivity (Wildman–Crippen MR) is 96.2 cm³/mol. The molecule has 0 N–H and O–H groups in total. The fourth-order valence-corrected chi connectivity index (χ4v) is 3.57.